The minimum atomic E-state index is -3.45. The van der Waals surface area contributed by atoms with Gasteiger partial charge in [-0.1, -0.05) is 12.1 Å². The summed E-state index contributed by atoms with van der Waals surface area (Å²) < 4.78 is 27.1. The van der Waals surface area contributed by atoms with Crippen molar-refractivity contribution in [3.8, 4) is 11.3 Å². The summed E-state index contributed by atoms with van der Waals surface area (Å²) in [4.78, 5) is 17.4. The molecule has 0 radical (unpaired) electrons. The number of hydrogen-bond donors (Lipinski definition) is 1. The van der Waals surface area contributed by atoms with Gasteiger partial charge in [0.15, 0.2) is 5.13 Å². The van der Waals surface area contributed by atoms with Crippen LogP contribution in [0, 0.1) is 26.7 Å². The van der Waals surface area contributed by atoms with Crippen LogP contribution in [0.4, 0.5) is 5.13 Å². The fraction of sp³-hybridized carbons (Fsp3) is 0.364. The Labute approximate surface area is 191 Å². The first kappa shape index (κ1) is 22.1. The summed E-state index contributed by atoms with van der Waals surface area (Å²) in [5, 5.41) is 7.23. The van der Waals surface area contributed by atoms with Gasteiger partial charge in [-0.05, 0) is 67.8 Å². The topological polar surface area (TPSA) is 79.4 Å². The van der Waals surface area contributed by atoms with Gasteiger partial charge in [-0.25, -0.2) is 13.4 Å². The number of piperidine rings is 1. The number of anilines is 1. The first-order valence-corrected chi connectivity index (χ1v) is 13.3. The van der Waals surface area contributed by atoms with Gasteiger partial charge < -0.3 is 5.32 Å². The molecule has 1 aliphatic rings. The van der Waals surface area contributed by atoms with Gasteiger partial charge in [-0.15, -0.1) is 22.7 Å². The second-order valence-corrected chi connectivity index (χ2v) is 11.9. The molecule has 2 aromatic heterocycles. The number of rotatable bonds is 5. The zero-order chi connectivity index (χ0) is 22.2. The zero-order valence-electron chi connectivity index (χ0n) is 17.7. The maximum absolute atomic E-state index is 12.8. The van der Waals surface area contributed by atoms with Crippen LogP contribution in [0.25, 0.3) is 11.3 Å². The van der Waals surface area contributed by atoms with E-state index < -0.39 is 10.0 Å². The minimum Gasteiger partial charge on any atom is -0.302 e. The van der Waals surface area contributed by atoms with Crippen molar-refractivity contribution in [3.63, 3.8) is 0 Å². The van der Waals surface area contributed by atoms with E-state index in [9.17, 15) is 13.2 Å². The van der Waals surface area contributed by atoms with Crippen LogP contribution < -0.4 is 5.32 Å². The lowest BCUT2D eigenvalue weighted by Crippen LogP contribution is -2.41. The Bertz CT molecular complexity index is 1190. The summed E-state index contributed by atoms with van der Waals surface area (Å²) in [6.07, 6.45) is 1.01. The number of thiazole rings is 1. The van der Waals surface area contributed by atoms with Crippen LogP contribution in [0.5, 0.6) is 0 Å². The standard InChI is InChI=1S/C22H25N3O3S3/c1-14-11-16(3)18(12-15(14)2)19-13-30-22(23-19)24-21(26)17-6-8-25(9-7-17)31(27,28)20-5-4-10-29-20/h4-5,10-13,17H,6-9H2,1-3H3,(H,23,24,26). The molecule has 31 heavy (non-hydrogen) atoms. The number of aryl methyl sites for hydroxylation is 3. The maximum atomic E-state index is 12.8. The minimum absolute atomic E-state index is 0.0918. The third kappa shape index (κ3) is 4.59. The molecule has 0 bridgehead atoms. The van der Waals surface area contributed by atoms with Gasteiger partial charge in [-0.2, -0.15) is 4.31 Å². The fourth-order valence-electron chi connectivity index (χ4n) is 3.79. The molecule has 1 saturated heterocycles. The molecule has 0 unspecified atom stereocenters. The molecular formula is C22H25N3O3S3. The molecule has 3 aromatic rings. The molecule has 0 saturated carbocycles. The molecule has 1 fully saturated rings. The van der Waals surface area contributed by atoms with Crippen molar-refractivity contribution in [2.45, 2.75) is 37.8 Å². The second kappa shape index (κ2) is 8.82. The largest absolute Gasteiger partial charge is 0.302 e. The van der Waals surface area contributed by atoms with Crippen LogP contribution >= 0.6 is 22.7 Å². The number of carbonyl (C=O) groups excluding carboxylic acids is 1. The third-order valence-electron chi connectivity index (χ3n) is 5.76. The number of benzene rings is 1. The van der Waals surface area contributed by atoms with Crippen molar-refractivity contribution in [2.24, 2.45) is 5.92 Å². The molecular weight excluding hydrogens is 450 g/mol. The SMILES string of the molecule is Cc1cc(C)c(-c2csc(NC(=O)C3CCN(S(=O)(=O)c4cccs4)CC3)n2)cc1C. The average Bonchev–Trinajstić information content (AvgIpc) is 3.43. The van der Waals surface area contributed by atoms with Gasteiger partial charge in [0.1, 0.15) is 4.21 Å². The number of thiophene rings is 1. The summed E-state index contributed by atoms with van der Waals surface area (Å²) >= 11 is 2.63. The highest BCUT2D eigenvalue weighted by atomic mass is 32.2. The van der Waals surface area contributed by atoms with Gasteiger partial charge >= 0.3 is 0 Å². The van der Waals surface area contributed by atoms with E-state index in [-0.39, 0.29) is 11.8 Å². The number of aromatic nitrogens is 1. The van der Waals surface area contributed by atoms with Gasteiger partial charge in [0, 0.05) is 30.0 Å². The lowest BCUT2D eigenvalue weighted by Gasteiger charge is -2.29. The Balaban J connectivity index is 1.39. The van der Waals surface area contributed by atoms with Crippen molar-refractivity contribution in [1.29, 1.82) is 0 Å². The Hall–Kier alpha value is -2.07. The summed E-state index contributed by atoms with van der Waals surface area (Å²) in [5.74, 6) is -0.309. The molecule has 1 amide bonds. The highest BCUT2D eigenvalue weighted by molar-refractivity contribution is 7.91. The Morgan fingerprint density at radius 2 is 1.81 bits per heavy atom. The lowest BCUT2D eigenvalue weighted by atomic mass is 9.97. The molecule has 0 aliphatic carbocycles. The molecule has 1 N–H and O–H groups in total. The van der Waals surface area contributed by atoms with Crippen LogP contribution in [-0.4, -0.2) is 36.7 Å². The Morgan fingerprint density at radius 1 is 1.10 bits per heavy atom. The summed E-state index contributed by atoms with van der Waals surface area (Å²) in [6.45, 7) is 6.94. The van der Waals surface area contributed by atoms with E-state index in [0.717, 1.165) is 16.8 Å². The maximum Gasteiger partial charge on any atom is 0.252 e. The van der Waals surface area contributed by atoms with Crippen molar-refractivity contribution in [3.05, 3.63) is 51.7 Å². The van der Waals surface area contributed by atoms with E-state index in [0.29, 0.717) is 35.3 Å². The van der Waals surface area contributed by atoms with Crippen LogP contribution in [0.3, 0.4) is 0 Å². The summed E-state index contributed by atoms with van der Waals surface area (Å²) in [7, 11) is -3.45. The fourth-order valence-corrected chi connectivity index (χ4v) is 7.12. The normalized spacial score (nSPS) is 15.8. The van der Waals surface area contributed by atoms with Crippen LogP contribution in [0.15, 0.2) is 39.2 Å². The van der Waals surface area contributed by atoms with E-state index in [1.54, 1.807) is 17.5 Å². The molecule has 4 rings (SSSR count). The molecule has 0 spiro atoms. The van der Waals surface area contributed by atoms with Gasteiger partial charge in [0.2, 0.25) is 5.91 Å². The Kier molecular flexibility index (Phi) is 6.30. The first-order valence-electron chi connectivity index (χ1n) is 10.1. The van der Waals surface area contributed by atoms with E-state index in [1.807, 2.05) is 5.38 Å². The van der Waals surface area contributed by atoms with Crippen molar-refractivity contribution in [1.82, 2.24) is 9.29 Å². The molecule has 0 atom stereocenters. The van der Waals surface area contributed by atoms with Crippen LogP contribution in [-0.2, 0) is 14.8 Å². The molecule has 3 heterocycles. The van der Waals surface area contributed by atoms with Crippen molar-refractivity contribution >= 4 is 43.7 Å². The van der Waals surface area contributed by atoms with Gasteiger partial charge in [-0.3, -0.25) is 4.79 Å². The van der Waals surface area contributed by atoms with E-state index in [4.69, 9.17) is 0 Å². The average molecular weight is 476 g/mol. The van der Waals surface area contributed by atoms with E-state index in [2.05, 4.69) is 43.2 Å². The summed E-state index contributed by atoms with van der Waals surface area (Å²) in [6, 6.07) is 7.64. The van der Waals surface area contributed by atoms with E-state index in [1.165, 1.54) is 38.1 Å². The molecule has 6 nitrogen and oxygen atoms in total. The molecule has 9 heteroatoms. The molecule has 1 aromatic carbocycles. The van der Waals surface area contributed by atoms with Crippen LogP contribution in [0.1, 0.15) is 29.5 Å². The number of sulfonamides is 1. The lowest BCUT2D eigenvalue weighted by molar-refractivity contribution is -0.120. The second-order valence-electron chi connectivity index (χ2n) is 7.89. The number of carbonyl (C=O) groups is 1. The monoisotopic (exact) mass is 475 g/mol. The number of nitrogens with one attached hydrogen (secondary N) is 1. The molecule has 1 aliphatic heterocycles. The van der Waals surface area contributed by atoms with E-state index >= 15 is 0 Å². The predicted octanol–water partition coefficient (Wildman–Crippen LogP) is 4.84. The highest BCUT2D eigenvalue weighted by Crippen LogP contribution is 2.31. The zero-order valence-corrected chi connectivity index (χ0v) is 20.2. The summed E-state index contributed by atoms with van der Waals surface area (Å²) in [5.41, 5.74) is 5.55. The van der Waals surface area contributed by atoms with Crippen molar-refractivity contribution in [2.75, 3.05) is 18.4 Å². The third-order valence-corrected chi connectivity index (χ3v) is 9.79. The smallest absolute Gasteiger partial charge is 0.252 e. The van der Waals surface area contributed by atoms with Crippen LogP contribution in [0.2, 0.25) is 0 Å². The quantitative estimate of drug-likeness (QED) is 0.573. The van der Waals surface area contributed by atoms with Gasteiger partial charge in [0.05, 0.1) is 5.69 Å². The number of nitrogens with zero attached hydrogens (tertiary/aromatic N) is 2. The number of hydrogen-bond acceptors (Lipinski definition) is 6. The Morgan fingerprint density at radius 3 is 2.48 bits per heavy atom. The van der Waals surface area contributed by atoms with Gasteiger partial charge in [0.25, 0.3) is 10.0 Å². The number of amides is 1. The molecule has 164 valence electrons. The first-order chi connectivity index (χ1) is 14.8. The predicted molar refractivity (Wildman–Crippen MR) is 126 cm³/mol. The highest BCUT2D eigenvalue weighted by Gasteiger charge is 2.32. The van der Waals surface area contributed by atoms with Crippen molar-refractivity contribution < 1.29 is 13.2 Å².